The van der Waals surface area contributed by atoms with Gasteiger partial charge in [0.15, 0.2) is 0 Å². The molecule has 0 spiro atoms. The molecule has 0 atom stereocenters. The van der Waals surface area contributed by atoms with E-state index in [1.807, 2.05) is 36.4 Å². The molecule has 0 fully saturated rings. The van der Waals surface area contributed by atoms with E-state index in [0.29, 0.717) is 27.1 Å². The maximum Gasteiger partial charge on any atom is 0.249 e. The second-order valence-corrected chi connectivity index (χ2v) is 6.72. The average molecular weight is 370 g/mol. The van der Waals surface area contributed by atoms with Gasteiger partial charge in [-0.15, -0.1) is 0 Å². The lowest BCUT2D eigenvalue weighted by Crippen LogP contribution is -2.18. The minimum Gasteiger partial charge on any atom is -0.457 e. The quantitative estimate of drug-likeness (QED) is 0.515. The van der Waals surface area contributed by atoms with Gasteiger partial charge in [-0.3, -0.25) is 4.79 Å². The minimum absolute atomic E-state index is 0.197. The molecule has 0 aromatic heterocycles. The Morgan fingerprint density at radius 1 is 0.840 bits per heavy atom. The second kappa shape index (κ2) is 6.10. The molecule has 3 aromatic rings. The zero-order chi connectivity index (χ0) is 17.6. The predicted molar refractivity (Wildman–Crippen MR) is 98.9 cm³/mol. The van der Waals surface area contributed by atoms with Gasteiger partial charge in [0.1, 0.15) is 11.5 Å². The summed E-state index contributed by atoms with van der Waals surface area (Å²) in [6.07, 6.45) is 0. The fraction of sp³-hybridized carbons (Fsp3) is 0.0500. The normalized spacial score (nSPS) is 12.9. The van der Waals surface area contributed by atoms with Crippen molar-refractivity contribution < 1.29 is 9.53 Å². The Hall–Kier alpha value is -2.49. The highest BCUT2D eigenvalue weighted by Gasteiger charge is 2.31. The number of carbonyl (C=O) groups is 1. The number of carbonyl (C=O) groups excluding carboxylic acids is 1. The highest BCUT2D eigenvalue weighted by Crippen LogP contribution is 2.49. The van der Waals surface area contributed by atoms with Crippen molar-refractivity contribution in [3.63, 3.8) is 0 Å². The molecule has 2 N–H and O–H groups in total. The third-order valence-corrected chi connectivity index (χ3v) is 4.80. The Morgan fingerprint density at radius 2 is 1.40 bits per heavy atom. The lowest BCUT2D eigenvalue weighted by molar-refractivity contribution is 0.0999. The molecule has 5 heteroatoms. The van der Waals surface area contributed by atoms with Crippen LogP contribution in [-0.2, 0) is 0 Å². The van der Waals surface area contributed by atoms with Crippen LogP contribution in [0.25, 0.3) is 0 Å². The van der Waals surface area contributed by atoms with Gasteiger partial charge in [-0.2, -0.15) is 0 Å². The molecule has 0 radical (unpaired) electrons. The van der Waals surface area contributed by atoms with E-state index in [1.165, 1.54) is 0 Å². The first-order valence-corrected chi connectivity index (χ1v) is 8.45. The Labute approximate surface area is 154 Å². The van der Waals surface area contributed by atoms with Crippen LogP contribution in [0.5, 0.6) is 11.5 Å². The highest BCUT2D eigenvalue weighted by atomic mass is 35.5. The predicted octanol–water partition coefficient (Wildman–Crippen LogP) is 5.38. The van der Waals surface area contributed by atoms with Gasteiger partial charge >= 0.3 is 0 Å². The number of halogens is 2. The summed E-state index contributed by atoms with van der Waals surface area (Å²) in [6.45, 7) is 0. The van der Waals surface area contributed by atoms with Crippen molar-refractivity contribution in [1.29, 1.82) is 0 Å². The van der Waals surface area contributed by atoms with Crippen molar-refractivity contribution in [2.45, 2.75) is 5.92 Å². The van der Waals surface area contributed by atoms with Crippen LogP contribution >= 0.6 is 23.2 Å². The van der Waals surface area contributed by atoms with Crippen molar-refractivity contribution in [3.05, 3.63) is 93.0 Å². The van der Waals surface area contributed by atoms with E-state index < -0.39 is 5.91 Å². The summed E-state index contributed by atoms with van der Waals surface area (Å²) in [7, 11) is 0. The summed E-state index contributed by atoms with van der Waals surface area (Å²) in [4.78, 5) is 11.9. The van der Waals surface area contributed by atoms with Crippen LogP contribution in [0.4, 0.5) is 0 Å². The highest BCUT2D eigenvalue weighted by molar-refractivity contribution is 6.31. The number of nitrogens with two attached hydrogens (primary N) is 1. The zero-order valence-corrected chi connectivity index (χ0v) is 14.5. The summed E-state index contributed by atoms with van der Waals surface area (Å²) >= 11 is 12.3. The maximum atomic E-state index is 11.9. The van der Waals surface area contributed by atoms with Crippen molar-refractivity contribution in [1.82, 2.24) is 0 Å². The van der Waals surface area contributed by atoms with Crippen molar-refractivity contribution in [2.24, 2.45) is 5.73 Å². The van der Waals surface area contributed by atoms with E-state index in [1.54, 1.807) is 24.3 Å². The fourth-order valence-electron chi connectivity index (χ4n) is 3.26. The number of hydrogen-bond donors (Lipinski definition) is 1. The van der Waals surface area contributed by atoms with Crippen LogP contribution in [0.15, 0.2) is 60.7 Å². The Kier molecular flexibility index (Phi) is 3.91. The fourth-order valence-corrected chi connectivity index (χ4v) is 3.59. The second-order valence-electron chi connectivity index (χ2n) is 5.85. The minimum atomic E-state index is -0.465. The number of ether oxygens (including phenoxy) is 1. The Balaban J connectivity index is 2.01. The van der Waals surface area contributed by atoms with E-state index in [0.717, 1.165) is 16.7 Å². The molecule has 3 nitrogen and oxygen atoms in total. The first-order valence-electron chi connectivity index (χ1n) is 7.70. The molecule has 1 amide bonds. The van der Waals surface area contributed by atoms with Gasteiger partial charge in [0.05, 0.1) is 0 Å². The van der Waals surface area contributed by atoms with Crippen molar-refractivity contribution >= 4 is 29.1 Å². The molecule has 1 aliphatic rings. The van der Waals surface area contributed by atoms with Gasteiger partial charge in [-0.05, 0) is 35.9 Å². The molecule has 3 aromatic carbocycles. The molecule has 0 aliphatic carbocycles. The zero-order valence-electron chi connectivity index (χ0n) is 13.0. The van der Waals surface area contributed by atoms with Gasteiger partial charge in [-0.25, -0.2) is 0 Å². The SMILES string of the molecule is NC(=O)c1ccccc1C1c2ccc(Cl)cc2Oc2cc(Cl)ccc21. The number of rotatable bonds is 2. The van der Waals surface area contributed by atoms with E-state index in [-0.39, 0.29) is 5.92 Å². The lowest BCUT2D eigenvalue weighted by atomic mass is 9.80. The van der Waals surface area contributed by atoms with Gasteiger partial charge < -0.3 is 10.5 Å². The third kappa shape index (κ3) is 2.76. The Bertz CT molecular complexity index is 949. The van der Waals surface area contributed by atoms with E-state index in [4.69, 9.17) is 33.7 Å². The van der Waals surface area contributed by atoms with Crippen LogP contribution in [0.1, 0.15) is 33.0 Å². The smallest absolute Gasteiger partial charge is 0.249 e. The molecule has 25 heavy (non-hydrogen) atoms. The summed E-state index contributed by atoms with van der Waals surface area (Å²) < 4.78 is 6.01. The van der Waals surface area contributed by atoms with Crippen LogP contribution in [0.3, 0.4) is 0 Å². The molecule has 1 heterocycles. The third-order valence-electron chi connectivity index (χ3n) is 4.33. The first kappa shape index (κ1) is 16.0. The van der Waals surface area contributed by atoms with Crippen LogP contribution < -0.4 is 10.5 Å². The van der Waals surface area contributed by atoms with Gasteiger partial charge in [0.25, 0.3) is 0 Å². The number of amides is 1. The number of primary amides is 1. The maximum absolute atomic E-state index is 11.9. The van der Waals surface area contributed by atoms with Crippen molar-refractivity contribution in [3.8, 4) is 11.5 Å². The molecule has 4 rings (SSSR count). The molecule has 0 saturated carbocycles. The lowest BCUT2D eigenvalue weighted by Gasteiger charge is -2.29. The number of fused-ring (bicyclic) bond motifs is 2. The number of hydrogen-bond acceptors (Lipinski definition) is 2. The molecular weight excluding hydrogens is 357 g/mol. The topological polar surface area (TPSA) is 52.3 Å². The summed E-state index contributed by atoms with van der Waals surface area (Å²) in [6, 6.07) is 18.3. The molecule has 124 valence electrons. The van der Waals surface area contributed by atoms with Crippen molar-refractivity contribution in [2.75, 3.05) is 0 Å². The standard InChI is InChI=1S/C20H13Cl2NO2/c21-11-5-7-15-17(9-11)25-18-10-12(22)6-8-16(18)19(15)13-3-1-2-4-14(13)20(23)24/h1-10,19H,(H2,23,24). The van der Waals surface area contributed by atoms with Crippen LogP contribution in [0, 0.1) is 0 Å². The molecule has 0 unspecified atom stereocenters. The monoisotopic (exact) mass is 369 g/mol. The van der Waals surface area contributed by atoms with Crippen LogP contribution in [0.2, 0.25) is 10.0 Å². The van der Waals surface area contributed by atoms with Crippen LogP contribution in [-0.4, -0.2) is 5.91 Å². The van der Waals surface area contributed by atoms with E-state index >= 15 is 0 Å². The summed E-state index contributed by atoms with van der Waals surface area (Å²) in [5.74, 6) is 0.628. The van der Waals surface area contributed by atoms with Gasteiger partial charge in [-0.1, -0.05) is 53.5 Å². The summed E-state index contributed by atoms with van der Waals surface area (Å²) in [5.41, 5.74) is 8.75. The number of benzene rings is 3. The molecule has 0 saturated heterocycles. The summed E-state index contributed by atoms with van der Waals surface area (Å²) in [5, 5.41) is 1.15. The van der Waals surface area contributed by atoms with Gasteiger partial charge in [0.2, 0.25) is 5.91 Å². The first-order chi connectivity index (χ1) is 12.0. The Morgan fingerprint density at radius 3 is 1.96 bits per heavy atom. The average Bonchev–Trinajstić information content (AvgIpc) is 2.59. The van der Waals surface area contributed by atoms with Gasteiger partial charge in [0, 0.05) is 32.7 Å². The largest absolute Gasteiger partial charge is 0.457 e. The molecule has 1 aliphatic heterocycles. The van der Waals surface area contributed by atoms with E-state index in [2.05, 4.69) is 0 Å². The molecular formula is C20H13Cl2NO2. The molecule has 0 bridgehead atoms. The van der Waals surface area contributed by atoms with E-state index in [9.17, 15) is 4.79 Å².